The molecule has 31 heavy (non-hydrogen) atoms. The maximum atomic E-state index is 13.5. The quantitative estimate of drug-likeness (QED) is 0.423. The van der Waals surface area contributed by atoms with Crippen LogP contribution in [0.25, 0.3) is 10.2 Å². The summed E-state index contributed by atoms with van der Waals surface area (Å²) in [4.78, 5) is 30.6. The fourth-order valence-corrected chi connectivity index (χ4v) is 4.56. The normalized spacial score (nSPS) is 11.7. The van der Waals surface area contributed by atoms with Gasteiger partial charge in [-0.1, -0.05) is 84.1 Å². The maximum Gasteiger partial charge on any atom is 0.326 e. The number of para-hydroxylation sites is 1. The number of aromatic nitrogens is 1. The molecule has 1 amide bonds. The summed E-state index contributed by atoms with van der Waals surface area (Å²) in [5.74, 6) is -1.16. The van der Waals surface area contributed by atoms with Gasteiger partial charge in [-0.15, -0.1) is 0 Å². The molecule has 4 aromatic rings. The summed E-state index contributed by atoms with van der Waals surface area (Å²) in [6, 6.07) is 26.9. The Kier molecular flexibility index (Phi) is 6.38. The molecule has 0 fully saturated rings. The average Bonchev–Trinajstić information content (AvgIpc) is 3.12. The first-order chi connectivity index (χ1) is 15.2. The fourth-order valence-electron chi connectivity index (χ4n) is 3.52. The molecule has 0 N–H and O–H groups in total. The molecule has 0 aliphatic rings. The van der Waals surface area contributed by atoms with Crippen LogP contribution in [0.2, 0.25) is 0 Å². The van der Waals surface area contributed by atoms with Crippen LogP contribution in [-0.2, 0) is 20.9 Å². The van der Waals surface area contributed by atoms with Crippen LogP contribution in [0, 0.1) is 0 Å². The van der Waals surface area contributed by atoms with Gasteiger partial charge >= 0.3 is 5.97 Å². The van der Waals surface area contributed by atoms with E-state index in [1.807, 2.05) is 84.9 Å². The molecule has 0 spiro atoms. The van der Waals surface area contributed by atoms with E-state index in [4.69, 9.17) is 4.74 Å². The number of nitrogens with zero attached hydrogens (tertiary/aromatic N) is 2. The molecule has 0 saturated heterocycles. The molecular formula is C25H22N2O3S. The van der Waals surface area contributed by atoms with Gasteiger partial charge in [-0.25, -0.2) is 0 Å². The molecule has 1 heterocycles. The smallest absolute Gasteiger partial charge is 0.326 e. The number of ether oxygens (including phenoxy) is 1. The summed E-state index contributed by atoms with van der Waals surface area (Å²) >= 11 is 1.39. The number of benzene rings is 3. The molecule has 3 aromatic carbocycles. The van der Waals surface area contributed by atoms with Gasteiger partial charge in [0, 0.05) is 0 Å². The number of carbonyl (C=O) groups excluding carboxylic acids is 2. The summed E-state index contributed by atoms with van der Waals surface area (Å²) in [5.41, 5.74) is 2.60. The van der Waals surface area contributed by atoms with Crippen LogP contribution in [0.3, 0.4) is 0 Å². The molecular weight excluding hydrogens is 408 g/mol. The Bertz CT molecular complexity index is 1220. The monoisotopic (exact) mass is 430 g/mol. The predicted octanol–water partition coefficient (Wildman–Crippen LogP) is 4.53. The van der Waals surface area contributed by atoms with Crippen molar-refractivity contribution in [2.24, 2.45) is 4.99 Å². The highest BCUT2D eigenvalue weighted by Crippen LogP contribution is 2.26. The van der Waals surface area contributed by atoms with Crippen molar-refractivity contribution < 1.29 is 14.3 Å². The fraction of sp³-hybridized carbons (Fsp3) is 0.160. The van der Waals surface area contributed by atoms with E-state index in [0.29, 0.717) is 11.4 Å². The van der Waals surface area contributed by atoms with Crippen LogP contribution >= 0.6 is 11.3 Å². The summed E-state index contributed by atoms with van der Waals surface area (Å²) in [5, 5.41) is 0. The molecule has 0 atom stereocenters. The number of esters is 1. The molecule has 1 aromatic heterocycles. The van der Waals surface area contributed by atoms with Crippen molar-refractivity contribution in [2.45, 2.75) is 19.4 Å². The van der Waals surface area contributed by atoms with E-state index in [2.05, 4.69) is 4.99 Å². The number of fused-ring (bicyclic) bond motifs is 1. The van der Waals surface area contributed by atoms with Gasteiger partial charge in [0.1, 0.15) is 6.54 Å². The Morgan fingerprint density at radius 2 is 1.48 bits per heavy atom. The highest BCUT2D eigenvalue weighted by atomic mass is 32.1. The zero-order valence-corrected chi connectivity index (χ0v) is 17.9. The summed E-state index contributed by atoms with van der Waals surface area (Å²) in [7, 11) is 0. The highest BCUT2D eigenvalue weighted by molar-refractivity contribution is 7.16. The largest absolute Gasteiger partial charge is 0.465 e. The second-order valence-corrected chi connectivity index (χ2v) is 7.96. The van der Waals surface area contributed by atoms with E-state index in [1.54, 1.807) is 11.5 Å². The van der Waals surface area contributed by atoms with Gasteiger partial charge in [0.15, 0.2) is 4.80 Å². The Balaban J connectivity index is 1.82. The zero-order chi connectivity index (χ0) is 21.6. The lowest BCUT2D eigenvalue weighted by Crippen LogP contribution is -2.24. The number of amides is 1. The van der Waals surface area contributed by atoms with Crippen LogP contribution in [0.15, 0.2) is 89.9 Å². The van der Waals surface area contributed by atoms with Gasteiger partial charge in [0.25, 0.3) is 5.91 Å². The standard InChI is InChI=1S/C25H22N2O3S/c1-2-30-22(28)17-27-20-15-9-10-16-21(20)31-25(27)26-24(29)23(18-11-5-3-6-12-18)19-13-7-4-8-14-19/h3-16,23H,2,17H2,1H3. The van der Waals surface area contributed by atoms with Crippen molar-refractivity contribution in [3.63, 3.8) is 0 Å². The number of hydrogen-bond acceptors (Lipinski definition) is 4. The summed E-state index contributed by atoms with van der Waals surface area (Å²) < 4.78 is 7.83. The van der Waals surface area contributed by atoms with Crippen molar-refractivity contribution in [3.8, 4) is 0 Å². The van der Waals surface area contributed by atoms with Crippen molar-refractivity contribution >= 4 is 33.4 Å². The third-order valence-corrected chi connectivity index (χ3v) is 5.96. The Hall–Kier alpha value is -3.51. The summed E-state index contributed by atoms with van der Waals surface area (Å²) in [6.07, 6.45) is 0. The van der Waals surface area contributed by atoms with Crippen LogP contribution in [0.1, 0.15) is 24.0 Å². The van der Waals surface area contributed by atoms with Crippen LogP contribution in [0.4, 0.5) is 0 Å². The zero-order valence-electron chi connectivity index (χ0n) is 17.1. The number of thiazole rings is 1. The van der Waals surface area contributed by atoms with Crippen molar-refractivity contribution in [2.75, 3.05) is 6.61 Å². The predicted molar refractivity (Wildman–Crippen MR) is 122 cm³/mol. The Morgan fingerprint density at radius 1 is 0.903 bits per heavy atom. The van der Waals surface area contributed by atoms with Gasteiger partial charge in [0.2, 0.25) is 0 Å². The van der Waals surface area contributed by atoms with E-state index in [0.717, 1.165) is 21.3 Å². The number of hydrogen-bond donors (Lipinski definition) is 0. The van der Waals surface area contributed by atoms with E-state index >= 15 is 0 Å². The first-order valence-corrected chi connectivity index (χ1v) is 10.9. The molecule has 0 aliphatic carbocycles. The second kappa shape index (κ2) is 9.53. The topological polar surface area (TPSA) is 60.7 Å². The lowest BCUT2D eigenvalue weighted by Gasteiger charge is -2.14. The molecule has 0 unspecified atom stereocenters. The minimum atomic E-state index is -0.524. The second-order valence-electron chi connectivity index (χ2n) is 6.95. The molecule has 0 saturated carbocycles. The van der Waals surface area contributed by atoms with Gasteiger partial charge < -0.3 is 9.30 Å². The van der Waals surface area contributed by atoms with E-state index < -0.39 is 5.92 Å². The van der Waals surface area contributed by atoms with Crippen LogP contribution in [-0.4, -0.2) is 23.1 Å². The lowest BCUT2D eigenvalue weighted by molar-refractivity contribution is -0.143. The van der Waals surface area contributed by atoms with E-state index in [1.165, 1.54) is 11.3 Å². The van der Waals surface area contributed by atoms with Crippen LogP contribution < -0.4 is 4.80 Å². The van der Waals surface area contributed by atoms with E-state index in [9.17, 15) is 9.59 Å². The highest BCUT2D eigenvalue weighted by Gasteiger charge is 2.23. The van der Waals surface area contributed by atoms with Crippen molar-refractivity contribution in [1.29, 1.82) is 0 Å². The molecule has 0 bridgehead atoms. The lowest BCUT2D eigenvalue weighted by atomic mass is 9.91. The van der Waals surface area contributed by atoms with Crippen molar-refractivity contribution in [1.82, 2.24) is 4.57 Å². The number of rotatable bonds is 6. The molecule has 156 valence electrons. The van der Waals surface area contributed by atoms with Crippen LogP contribution in [0.5, 0.6) is 0 Å². The average molecular weight is 431 g/mol. The van der Waals surface area contributed by atoms with Gasteiger partial charge in [0.05, 0.1) is 22.7 Å². The number of carbonyl (C=O) groups is 2. The first-order valence-electron chi connectivity index (χ1n) is 10.1. The molecule has 0 radical (unpaired) electrons. The minimum Gasteiger partial charge on any atom is -0.465 e. The van der Waals surface area contributed by atoms with Crippen molar-refractivity contribution in [3.05, 3.63) is 101 Å². The molecule has 0 aliphatic heterocycles. The minimum absolute atomic E-state index is 0.00527. The molecule has 6 heteroatoms. The third-order valence-electron chi connectivity index (χ3n) is 4.90. The molecule has 4 rings (SSSR count). The summed E-state index contributed by atoms with van der Waals surface area (Å²) in [6.45, 7) is 2.08. The van der Waals surface area contributed by atoms with Gasteiger partial charge in [-0.05, 0) is 30.2 Å². The Labute approximate surface area is 184 Å². The maximum absolute atomic E-state index is 13.5. The van der Waals surface area contributed by atoms with Gasteiger partial charge in [-0.2, -0.15) is 4.99 Å². The van der Waals surface area contributed by atoms with Gasteiger partial charge in [-0.3, -0.25) is 9.59 Å². The Morgan fingerprint density at radius 3 is 2.10 bits per heavy atom. The molecule has 5 nitrogen and oxygen atoms in total. The SMILES string of the molecule is CCOC(=O)Cn1c(=NC(=O)C(c2ccccc2)c2ccccc2)sc2ccccc21. The first kappa shape index (κ1) is 20.8. The third kappa shape index (κ3) is 4.64. The van der Waals surface area contributed by atoms with E-state index in [-0.39, 0.29) is 18.4 Å².